The number of para-hydroxylation sites is 1. The zero-order valence-corrected chi connectivity index (χ0v) is 15.3. The minimum Gasteiger partial charge on any atom is -0.354 e. The highest BCUT2D eigenvalue weighted by Crippen LogP contribution is 2.32. The lowest BCUT2D eigenvalue weighted by molar-refractivity contribution is -0.125. The lowest BCUT2D eigenvalue weighted by Gasteiger charge is -2.30. The molecule has 0 unspecified atom stereocenters. The second-order valence-electron chi connectivity index (χ2n) is 7.43. The van der Waals surface area contributed by atoms with Crippen LogP contribution in [0.1, 0.15) is 38.7 Å². The van der Waals surface area contributed by atoms with Gasteiger partial charge in [-0.05, 0) is 49.9 Å². The Hall–Kier alpha value is -1.88. The number of nitrogens with zero attached hydrogens (tertiary/aromatic N) is 2. The molecule has 0 saturated carbocycles. The van der Waals surface area contributed by atoms with Crippen LogP contribution >= 0.6 is 0 Å². The SMILES string of the molecule is CC(=O)N1c2ccccc2C[C@H]1C(=O)NCCCN1CCC[C@@H](C)C1. The van der Waals surface area contributed by atoms with Crippen molar-refractivity contribution in [1.29, 1.82) is 0 Å². The monoisotopic (exact) mass is 343 g/mol. The van der Waals surface area contributed by atoms with Gasteiger partial charge in [0.1, 0.15) is 6.04 Å². The van der Waals surface area contributed by atoms with Gasteiger partial charge in [-0.3, -0.25) is 14.5 Å². The van der Waals surface area contributed by atoms with Crippen molar-refractivity contribution in [2.24, 2.45) is 5.92 Å². The number of piperidine rings is 1. The van der Waals surface area contributed by atoms with Gasteiger partial charge in [0.25, 0.3) is 0 Å². The molecule has 1 saturated heterocycles. The van der Waals surface area contributed by atoms with E-state index in [4.69, 9.17) is 0 Å². The molecule has 2 atom stereocenters. The van der Waals surface area contributed by atoms with E-state index in [-0.39, 0.29) is 11.8 Å². The standard InChI is InChI=1S/C20H29N3O2/c1-15-7-5-11-22(14-15)12-6-10-21-20(25)19-13-17-8-3-4-9-18(17)23(19)16(2)24/h3-4,8-9,15,19H,5-7,10-14H2,1-2H3,(H,21,25)/t15-,19+/m1/s1. The lowest BCUT2D eigenvalue weighted by atomic mass is 10.0. The molecule has 1 N–H and O–H groups in total. The van der Waals surface area contributed by atoms with Crippen molar-refractivity contribution in [3.63, 3.8) is 0 Å². The second kappa shape index (κ2) is 8.00. The highest BCUT2D eigenvalue weighted by molar-refractivity contribution is 6.02. The van der Waals surface area contributed by atoms with Gasteiger partial charge < -0.3 is 10.2 Å². The predicted molar refractivity (Wildman–Crippen MR) is 99.6 cm³/mol. The van der Waals surface area contributed by atoms with Crippen LogP contribution in [-0.2, 0) is 16.0 Å². The zero-order valence-electron chi connectivity index (χ0n) is 15.3. The summed E-state index contributed by atoms with van der Waals surface area (Å²) >= 11 is 0. The van der Waals surface area contributed by atoms with Gasteiger partial charge in [0.2, 0.25) is 11.8 Å². The third-order valence-electron chi connectivity index (χ3n) is 5.31. The molecule has 136 valence electrons. The summed E-state index contributed by atoms with van der Waals surface area (Å²) in [7, 11) is 0. The Morgan fingerprint density at radius 3 is 2.84 bits per heavy atom. The summed E-state index contributed by atoms with van der Waals surface area (Å²) in [6, 6.07) is 7.37. The summed E-state index contributed by atoms with van der Waals surface area (Å²) in [5, 5.41) is 3.04. The quantitative estimate of drug-likeness (QED) is 0.834. The van der Waals surface area contributed by atoms with Gasteiger partial charge in [-0.25, -0.2) is 0 Å². The first-order valence-electron chi connectivity index (χ1n) is 9.44. The maximum atomic E-state index is 12.6. The molecule has 5 nitrogen and oxygen atoms in total. The maximum Gasteiger partial charge on any atom is 0.243 e. The van der Waals surface area contributed by atoms with Crippen molar-refractivity contribution in [2.45, 2.75) is 45.6 Å². The van der Waals surface area contributed by atoms with Gasteiger partial charge >= 0.3 is 0 Å². The fraction of sp³-hybridized carbons (Fsp3) is 0.600. The third-order valence-corrected chi connectivity index (χ3v) is 5.31. The summed E-state index contributed by atoms with van der Waals surface area (Å²) in [5.41, 5.74) is 1.94. The lowest BCUT2D eigenvalue weighted by Crippen LogP contribution is -2.47. The topological polar surface area (TPSA) is 52.7 Å². The number of hydrogen-bond acceptors (Lipinski definition) is 3. The van der Waals surface area contributed by atoms with E-state index in [1.807, 2.05) is 24.3 Å². The number of fused-ring (bicyclic) bond motifs is 1. The molecule has 25 heavy (non-hydrogen) atoms. The average molecular weight is 343 g/mol. The van der Waals surface area contributed by atoms with E-state index in [9.17, 15) is 9.59 Å². The number of likely N-dealkylation sites (tertiary alicyclic amines) is 1. The first kappa shape index (κ1) is 17.9. The van der Waals surface area contributed by atoms with Gasteiger partial charge in [0, 0.05) is 32.1 Å². The average Bonchev–Trinajstić information content (AvgIpc) is 2.98. The van der Waals surface area contributed by atoms with Crippen LogP contribution in [0, 0.1) is 5.92 Å². The fourth-order valence-electron chi connectivity index (χ4n) is 4.11. The van der Waals surface area contributed by atoms with Crippen LogP contribution in [0.4, 0.5) is 5.69 Å². The van der Waals surface area contributed by atoms with E-state index in [0.717, 1.165) is 30.1 Å². The largest absolute Gasteiger partial charge is 0.354 e. The number of carbonyl (C=O) groups is 2. The van der Waals surface area contributed by atoms with Crippen LogP contribution in [0.15, 0.2) is 24.3 Å². The van der Waals surface area contributed by atoms with E-state index in [1.165, 1.54) is 32.9 Å². The summed E-state index contributed by atoms with van der Waals surface area (Å²) < 4.78 is 0. The van der Waals surface area contributed by atoms with E-state index in [0.29, 0.717) is 13.0 Å². The van der Waals surface area contributed by atoms with Gasteiger partial charge in [0.15, 0.2) is 0 Å². The zero-order chi connectivity index (χ0) is 17.8. The van der Waals surface area contributed by atoms with Crippen LogP contribution in [0.3, 0.4) is 0 Å². The van der Waals surface area contributed by atoms with Crippen molar-refractivity contribution in [3.8, 4) is 0 Å². The molecule has 1 fully saturated rings. The molecule has 2 aliphatic rings. The molecule has 0 aliphatic carbocycles. The summed E-state index contributed by atoms with van der Waals surface area (Å²) in [6.07, 6.45) is 4.17. The minimum atomic E-state index is -0.412. The number of amides is 2. The van der Waals surface area contributed by atoms with Crippen molar-refractivity contribution in [2.75, 3.05) is 31.1 Å². The van der Waals surface area contributed by atoms with Crippen LogP contribution in [0.2, 0.25) is 0 Å². The Labute approximate surface area is 150 Å². The van der Waals surface area contributed by atoms with Crippen molar-refractivity contribution < 1.29 is 9.59 Å². The van der Waals surface area contributed by atoms with Crippen molar-refractivity contribution >= 4 is 17.5 Å². The Morgan fingerprint density at radius 1 is 1.28 bits per heavy atom. The highest BCUT2D eigenvalue weighted by Gasteiger charge is 2.36. The molecule has 2 heterocycles. The van der Waals surface area contributed by atoms with Crippen LogP contribution in [0.25, 0.3) is 0 Å². The molecular formula is C20H29N3O2. The van der Waals surface area contributed by atoms with Gasteiger partial charge in [-0.2, -0.15) is 0 Å². The summed E-state index contributed by atoms with van der Waals surface area (Å²) in [6.45, 7) is 7.88. The van der Waals surface area contributed by atoms with E-state index >= 15 is 0 Å². The molecule has 2 aliphatic heterocycles. The molecule has 2 amide bonds. The molecule has 5 heteroatoms. The summed E-state index contributed by atoms with van der Waals surface area (Å²) in [5.74, 6) is 0.662. The molecule has 1 aromatic rings. The normalized spacial score (nSPS) is 23.4. The van der Waals surface area contributed by atoms with Crippen LogP contribution in [-0.4, -0.2) is 48.9 Å². The number of nitrogens with one attached hydrogen (secondary N) is 1. The smallest absolute Gasteiger partial charge is 0.243 e. The first-order valence-corrected chi connectivity index (χ1v) is 9.44. The maximum absolute atomic E-state index is 12.6. The molecule has 0 aromatic heterocycles. The van der Waals surface area contributed by atoms with Gasteiger partial charge in [-0.15, -0.1) is 0 Å². The number of rotatable bonds is 5. The molecule has 0 radical (unpaired) electrons. The van der Waals surface area contributed by atoms with Crippen LogP contribution < -0.4 is 10.2 Å². The number of hydrogen-bond donors (Lipinski definition) is 1. The van der Waals surface area contributed by atoms with E-state index in [1.54, 1.807) is 4.90 Å². The van der Waals surface area contributed by atoms with Gasteiger partial charge in [-0.1, -0.05) is 25.1 Å². The third kappa shape index (κ3) is 4.21. The number of carbonyl (C=O) groups excluding carboxylic acids is 2. The highest BCUT2D eigenvalue weighted by atomic mass is 16.2. The van der Waals surface area contributed by atoms with E-state index in [2.05, 4.69) is 17.1 Å². The predicted octanol–water partition coefficient (Wildman–Crippen LogP) is 2.20. The van der Waals surface area contributed by atoms with Gasteiger partial charge in [0.05, 0.1) is 0 Å². The van der Waals surface area contributed by atoms with Crippen molar-refractivity contribution in [3.05, 3.63) is 29.8 Å². The molecular weight excluding hydrogens is 314 g/mol. The Bertz CT molecular complexity index is 631. The fourth-order valence-corrected chi connectivity index (χ4v) is 4.11. The van der Waals surface area contributed by atoms with Crippen LogP contribution in [0.5, 0.6) is 0 Å². The van der Waals surface area contributed by atoms with Crippen molar-refractivity contribution in [1.82, 2.24) is 10.2 Å². The molecule has 1 aromatic carbocycles. The Morgan fingerprint density at radius 2 is 2.08 bits per heavy atom. The van der Waals surface area contributed by atoms with E-state index < -0.39 is 6.04 Å². The minimum absolute atomic E-state index is 0.0431. The molecule has 0 bridgehead atoms. The number of benzene rings is 1. The molecule has 3 rings (SSSR count). The Balaban J connectivity index is 1.49. The summed E-state index contributed by atoms with van der Waals surface area (Å²) in [4.78, 5) is 28.8. The second-order valence-corrected chi connectivity index (χ2v) is 7.43. The molecule has 0 spiro atoms. The number of anilines is 1. The Kier molecular flexibility index (Phi) is 5.74. The first-order chi connectivity index (χ1) is 12.1.